The Morgan fingerprint density at radius 2 is 2.07 bits per heavy atom. The number of hydrogen-bond acceptors (Lipinski definition) is 3. The van der Waals surface area contributed by atoms with Crippen molar-refractivity contribution in [2.45, 2.75) is 12.5 Å². The van der Waals surface area contributed by atoms with Crippen LogP contribution in [-0.2, 0) is 7.05 Å². The molecule has 144 valence electrons. The number of hydrogen-bond donors (Lipinski definition) is 1. The number of nitrogens with one attached hydrogen (secondary N) is 1. The van der Waals surface area contributed by atoms with Crippen LogP contribution < -0.4 is 5.32 Å². The summed E-state index contributed by atoms with van der Waals surface area (Å²) < 4.78 is 1.85. The van der Waals surface area contributed by atoms with Gasteiger partial charge < -0.3 is 15.1 Å². The molecular formula is C21H30N6. The second-order valence-electron chi connectivity index (χ2n) is 7.15. The molecule has 27 heavy (non-hydrogen) atoms. The minimum atomic E-state index is 0.246. The molecule has 1 atom stereocenters. The van der Waals surface area contributed by atoms with Crippen LogP contribution in [0.3, 0.4) is 0 Å². The van der Waals surface area contributed by atoms with Gasteiger partial charge in [0.25, 0.3) is 0 Å². The molecule has 0 radical (unpaired) electrons. The first-order valence-electron chi connectivity index (χ1n) is 9.43. The Labute approximate surface area is 162 Å². The number of aryl methyl sites for hydroxylation is 1. The fourth-order valence-electron chi connectivity index (χ4n) is 3.51. The molecular weight excluding hydrogens is 336 g/mol. The number of benzene rings is 1. The Kier molecular flexibility index (Phi) is 6.29. The van der Waals surface area contributed by atoms with Gasteiger partial charge in [-0.2, -0.15) is 5.10 Å². The molecule has 0 saturated carbocycles. The zero-order valence-electron chi connectivity index (χ0n) is 16.8. The fraction of sp³-hybridized carbons (Fsp3) is 0.429. The van der Waals surface area contributed by atoms with Crippen molar-refractivity contribution in [1.82, 2.24) is 24.9 Å². The summed E-state index contributed by atoms with van der Waals surface area (Å²) in [5.41, 5.74) is 3.95. The molecule has 0 saturated heterocycles. The molecule has 6 nitrogen and oxygen atoms in total. The van der Waals surface area contributed by atoms with Gasteiger partial charge in [0.05, 0.1) is 12.2 Å². The van der Waals surface area contributed by atoms with E-state index in [2.05, 4.69) is 81.9 Å². The molecule has 0 spiro atoms. The van der Waals surface area contributed by atoms with E-state index in [1.54, 1.807) is 0 Å². The van der Waals surface area contributed by atoms with Crippen LogP contribution in [0.15, 0.2) is 53.8 Å². The summed E-state index contributed by atoms with van der Waals surface area (Å²) in [6.07, 6.45) is 7.36. The summed E-state index contributed by atoms with van der Waals surface area (Å²) in [7, 11) is 8.00. The molecule has 1 aliphatic rings. The van der Waals surface area contributed by atoms with E-state index in [0.29, 0.717) is 0 Å². The van der Waals surface area contributed by atoms with Gasteiger partial charge in [-0.3, -0.25) is 9.67 Å². The Bertz CT molecular complexity index is 790. The number of likely N-dealkylation sites (N-methyl/N-ethyl adjacent to an activating group) is 1. The third-order valence-electron chi connectivity index (χ3n) is 5.05. The topological polar surface area (TPSA) is 48.7 Å². The molecule has 6 heteroatoms. The number of rotatable bonds is 5. The van der Waals surface area contributed by atoms with Crippen LogP contribution in [0.5, 0.6) is 0 Å². The van der Waals surface area contributed by atoms with E-state index in [4.69, 9.17) is 0 Å². The second kappa shape index (κ2) is 8.86. The molecule has 1 N–H and O–H groups in total. The van der Waals surface area contributed by atoms with E-state index in [1.165, 1.54) is 16.7 Å². The summed E-state index contributed by atoms with van der Waals surface area (Å²) >= 11 is 0. The highest BCUT2D eigenvalue weighted by molar-refractivity contribution is 5.81. The SMILES string of the molecule is CN=C(NCC(c1cnn(C)c1)N(C)C)N1CC=C(c2ccccc2)CC1. The van der Waals surface area contributed by atoms with Gasteiger partial charge in [-0.15, -0.1) is 0 Å². The summed E-state index contributed by atoms with van der Waals surface area (Å²) in [5.74, 6) is 0.953. The van der Waals surface area contributed by atoms with E-state index >= 15 is 0 Å². The molecule has 1 unspecified atom stereocenters. The number of guanidine groups is 1. The average Bonchev–Trinajstić information content (AvgIpc) is 3.12. The minimum absolute atomic E-state index is 0.246. The molecule has 0 fully saturated rings. The highest BCUT2D eigenvalue weighted by Crippen LogP contribution is 2.22. The molecule has 2 aromatic rings. The second-order valence-corrected chi connectivity index (χ2v) is 7.15. The lowest BCUT2D eigenvalue weighted by Gasteiger charge is -2.31. The van der Waals surface area contributed by atoms with E-state index in [0.717, 1.165) is 32.0 Å². The zero-order chi connectivity index (χ0) is 19.2. The lowest BCUT2D eigenvalue weighted by Crippen LogP contribution is -2.45. The van der Waals surface area contributed by atoms with Gasteiger partial charge in [-0.1, -0.05) is 36.4 Å². The first-order chi connectivity index (χ1) is 13.1. The maximum Gasteiger partial charge on any atom is 0.194 e. The zero-order valence-corrected chi connectivity index (χ0v) is 16.8. The van der Waals surface area contributed by atoms with Gasteiger partial charge >= 0.3 is 0 Å². The van der Waals surface area contributed by atoms with Crippen molar-refractivity contribution in [3.05, 3.63) is 59.9 Å². The summed E-state index contributed by atoms with van der Waals surface area (Å²) in [6.45, 7) is 2.64. The normalized spacial score (nSPS) is 16.4. The predicted octanol–water partition coefficient (Wildman–Crippen LogP) is 2.39. The van der Waals surface area contributed by atoms with Gasteiger partial charge in [0.1, 0.15) is 0 Å². The largest absolute Gasteiger partial charge is 0.354 e. The van der Waals surface area contributed by atoms with E-state index < -0.39 is 0 Å². The van der Waals surface area contributed by atoms with Crippen LogP contribution >= 0.6 is 0 Å². The van der Waals surface area contributed by atoms with Gasteiger partial charge in [-0.25, -0.2) is 0 Å². The van der Waals surface area contributed by atoms with Crippen molar-refractivity contribution >= 4 is 11.5 Å². The van der Waals surface area contributed by atoms with Crippen LogP contribution in [0.2, 0.25) is 0 Å². The van der Waals surface area contributed by atoms with Crippen LogP contribution in [0, 0.1) is 0 Å². The van der Waals surface area contributed by atoms with Crippen LogP contribution in [0.25, 0.3) is 5.57 Å². The van der Waals surface area contributed by atoms with E-state index in [-0.39, 0.29) is 6.04 Å². The van der Waals surface area contributed by atoms with Gasteiger partial charge in [0, 0.05) is 45.5 Å². The van der Waals surface area contributed by atoms with Crippen LogP contribution in [-0.4, -0.2) is 66.3 Å². The lowest BCUT2D eigenvalue weighted by molar-refractivity contribution is 0.294. The van der Waals surface area contributed by atoms with Crippen molar-refractivity contribution in [3.8, 4) is 0 Å². The summed E-state index contributed by atoms with van der Waals surface area (Å²) in [5, 5.41) is 7.86. The Morgan fingerprint density at radius 1 is 1.30 bits per heavy atom. The molecule has 0 aliphatic carbocycles. The molecule has 0 bridgehead atoms. The number of aliphatic imine (C=N–C) groups is 1. The smallest absolute Gasteiger partial charge is 0.194 e. The van der Waals surface area contributed by atoms with Gasteiger partial charge in [0.2, 0.25) is 0 Å². The Hall–Kier alpha value is -2.60. The van der Waals surface area contributed by atoms with Gasteiger partial charge in [-0.05, 0) is 31.7 Å². The van der Waals surface area contributed by atoms with Crippen LogP contribution in [0.4, 0.5) is 0 Å². The Morgan fingerprint density at radius 3 is 2.63 bits per heavy atom. The molecule has 1 aromatic heterocycles. The summed E-state index contributed by atoms with van der Waals surface area (Å²) in [6, 6.07) is 10.9. The van der Waals surface area contributed by atoms with Crippen molar-refractivity contribution in [2.24, 2.45) is 12.0 Å². The van der Waals surface area contributed by atoms with Crippen molar-refractivity contribution in [1.29, 1.82) is 0 Å². The first-order valence-corrected chi connectivity index (χ1v) is 9.43. The van der Waals surface area contributed by atoms with Crippen molar-refractivity contribution in [3.63, 3.8) is 0 Å². The third kappa shape index (κ3) is 4.77. The van der Waals surface area contributed by atoms with Crippen LogP contribution in [0.1, 0.15) is 23.6 Å². The average molecular weight is 367 g/mol. The molecule has 0 amide bonds. The maximum absolute atomic E-state index is 4.50. The predicted molar refractivity (Wildman–Crippen MR) is 112 cm³/mol. The third-order valence-corrected chi connectivity index (χ3v) is 5.05. The lowest BCUT2D eigenvalue weighted by atomic mass is 10.00. The Balaban J connectivity index is 1.62. The number of aromatic nitrogens is 2. The minimum Gasteiger partial charge on any atom is -0.354 e. The number of nitrogens with zero attached hydrogens (tertiary/aromatic N) is 5. The molecule has 1 aliphatic heterocycles. The molecule has 3 rings (SSSR count). The van der Waals surface area contributed by atoms with E-state index in [9.17, 15) is 0 Å². The highest BCUT2D eigenvalue weighted by atomic mass is 15.3. The van der Waals surface area contributed by atoms with Crippen molar-refractivity contribution < 1.29 is 0 Å². The first kappa shape index (κ1) is 19.2. The maximum atomic E-state index is 4.50. The molecule has 2 heterocycles. The quantitative estimate of drug-likeness (QED) is 0.652. The van der Waals surface area contributed by atoms with E-state index in [1.807, 2.05) is 25.0 Å². The standard InChI is InChI=1S/C21H30N6/c1-22-21(23-15-20(25(2)3)19-14-24-26(4)16-19)27-12-10-18(11-13-27)17-8-6-5-7-9-17/h5-10,14,16,20H,11-13,15H2,1-4H3,(H,22,23). The highest BCUT2D eigenvalue weighted by Gasteiger charge is 2.20. The fourth-order valence-corrected chi connectivity index (χ4v) is 3.51. The summed E-state index contributed by atoms with van der Waals surface area (Å²) in [4.78, 5) is 9.02. The van der Waals surface area contributed by atoms with Gasteiger partial charge in [0.15, 0.2) is 5.96 Å². The molecule has 1 aromatic carbocycles. The van der Waals surface area contributed by atoms with Crippen molar-refractivity contribution in [2.75, 3.05) is 40.8 Å². The monoisotopic (exact) mass is 366 g/mol.